The summed E-state index contributed by atoms with van der Waals surface area (Å²) in [5.74, 6) is -4.98. The Morgan fingerprint density at radius 1 is 0.547 bits per heavy atom. The molecule has 4 rings (SSSR count). The summed E-state index contributed by atoms with van der Waals surface area (Å²) in [5, 5.41) is 16.8. The molecule has 0 bridgehead atoms. The van der Waals surface area contributed by atoms with Crippen LogP contribution in [0.25, 0.3) is 0 Å². The average molecular weight is 819 g/mol. The van der Waals surface area contributed by atoms with Gasteiger partial charge in [-0.15, -0.1) is 0 Å². The highest BCUT2D eigenvalue weighted by atomic mass is 32.1. The van der Waals surface area contributed by atoms with E-state index in [9.17, 15) is 43.5 Å². The van der Waals surface area contributed by atoms with Crippen LogP contribution in [0.4, 0.5) is 0 Å². The Hall–Kier alpha value is -2.88. The third-order valence-electron chi connectivity index (χ3n) is 10.2. The molecule has 4 heterocycles. The lowest BCUT2D eigenvalue weighted by atomic mass is 10.1. The predicted molar refractivity (Wildman–Crippen MR) is 206 cm³/mol. The van der Waals surface area contributed by atoms with E-state index in [0.717, 1.165) is 0 Å². The predicted octanol–water partition coefficient (Wildman–Crippen LogP) is -2.46. The minimum atomic E-state index is -1.28. The van der Waals surface area contributed by atoms with Gasteiger partial charge in [0.15, 0.2) is 0 Å². The van der Waals surface area contributed by atoms with E-state index >= 15 is 0 Å². The first-order valence-corrected chi connectivity index (χ1v) is 20.4. The van der Waals surface area contributed by atoms with Crippen LogP contribution < -0.4 is 21.7 Å². The molecule has 0 aromatic rings. The third-order valence-corrected chi connectivity index (χ3v) is 11.7. The molecule has 53 heavy (non-hydrogen) atoms. The number of carboxylic acid groups (broad SMARTS) is 1. The maximum atomic E-state index is 14.2. The first-order valence-electron chi connectivity index (χ1n) is 17.8. The number of aliphatic carboxylic acids is 1. The molecule has 0 aromatic carbocycles. The minimum Gasteiger partial charge on any atom is -0.480 e. The number of nitrogens with two attached hydrogens (primary N) is 1. The molecule has 0 aliphatic carbocycles. The molecule has 7 amide bonds. The maximum Gasteiger partial charge on any atom is 0.327 e. The summed E-state index contributed by atoms with van der Waals surface area (Å²) in [7, 11) is 0. The summed E-state index contributed by atoms with van der Waals surface area (Å²) in [5.41, 5.74) is 5.76. The zero-order valence-electron chi connectivity index (χ0n) is 29.3. The fourth-order valence-electron chi connectivity index (χ4n) is 7.41. The number of likely N-dealkylation sites (tertiary alicyclic amines) is 4. The third kappa shape index (κ3) is 9.87. The van der Waals surface area contributed by atoms with Crippen LogP contribution in [0.2, 0.25) is 0 Å². The van der Waals surface area contributed by atoms with Gasteiger partial charge in [-0.1, -0.05) is 0 Å². The molecule has 17 nitrogen and oxygen atoms in total. The van der Waals surface area contributed by atoms with Crippen molar-refractivity contribution in [2.45, 2.75) is 99.7 Å². The van der Waals surface area contributed by atoms with Gasteiger partial charge < -0.3 is 46.4 Å². The molecule has 0 spiro atoms. The van der Waals surface area contributed by atoms with E-state index in [2.05, 4.69) is 66.5 Å². The Labute approximate surface area is 330 Å². The van der Waals surface area contributed by atoms with Gasteiger partial charge in [-0.2, -0.15) is 50.5 Å². The maximum absolute atomic E-state index is 14.2. The van der Waals surface area contributed by atoms with Gasteiger partial charge in [-0.3, -0.25) is 33.6 Å². The molecule has 0 radical (unpaired) electrons. The van der Waals surface area contributed by atoms with Crippen molar-refractivity contribution in [1.29, 1.82) is 0 Å². The second-order valence-electron chi connectivity index (χ2n) is 13.6. The summed E-state index contributed by atoms with van der Waals surface area (Å²) in [6.07, 6.45) is 3.65. The Kier molecular flexibility index (Phi) is 15.9. The second-order valence-corrected chi connectivity index (χ2v) is 15.1. The summed E-state index contributed by atoms with van der Waals surface area (Å²) in [6, 6.07) is -7.77. The van der Waals surface area contributed by atoms with E-state index < -0.39 is 83.8 Å². The summed E-state index contributed by atoms with van der Waals surface area (Å²) in [6.45, 7) is 1.16. The van der Waals surface area contributed by atoms with Crippen LogP contribution >= 0.6 is 50.5 Å². The van der Waals surface area contributed by atoms with Crippen LogP contribution in [0.3, 0.4) is 0 Å². The fraction of sp³-hybridized carbons (Fsp3) is 0.750. The molecule has 4 aliphatic rings. The molecule has 6 N–H and O–H groups in total. The lowest BCUT2D eigenvalue weighted by Crippen LogP contribution is -2.59. The molecule has 296 valence electrons. The molecular formula is C32H50N8O9S4. The molecule has 4 aliphatic heterocycles. The summed E-state index contributed by atoms with van der Waals surface area (Å²) < 4.78 is 0. The number of carboxylic acids is 1. The SMILES string of the molecule is N[C@@H](CS)C(=O)N[C@@H](CS)C(=O)N1CCC[C@H]1C(=O)N1CCC[C@H]1C(=O)N1CCC[C@H]1C(=O)N1CCC[C@H]1C(=O)N[C@@H](CS)C(=O)N[C@@H](CS)C(=O)O. The molecular weight excluding hydrogens is 769 g/mol. The van der Waals surface area contributed by atoms with Crippen molar-refractivity contribution in [3.63, 3.8) is 0 Å². The van der Waals surface area contributed by atoms with E-state index in [0.29, 0.717) is 71.0 Å². The smallest absolute Gasteiger partial charge is 0.327 e. The van der Waals surface area contributed by atoms with Gasteiger partial charge in [0.1, 0.15) is 42.3 Å². The van der Waals surface area contributed by atoms with Crippen molar-refractivity contribution in [1.82, 2.24) is 35.6 Å². The first-order chi connectivity index (χ1) is 25.3. The number of thiol groups is 4. The van der Waals surface area contributed by atoms with Crippen LogP contribution in [-0.4, -0.2) is 170 Å². The Morgan fingerprint density at radius 2 is 0.943 bits per heavy atom. The van der Waals surface area contributed by atoms with E-state index in [4.69, 9.17) is 5.73 Å². The van der Waals surface area contributed by atoms with Crippen LogP contribution in [0, 0.1) is 0 Å². The van der Waals surface area contributed by atoms with Gasteiger partial charge in [0, 0.05) is 49.2 Å². The number of amides is 7. The number of nitrogens with zero attached hydrogens (tertiary/aromatic N) is 4. The lowest BCUT2D eigenvalue weighted by molar-refractivity contribution is -0.152. The quantitative estimate of drug-likeness (QED) is 0.0792. The first kappa shape index (κ1) is 42.9. The van der Waals surface area contributed by atoms with E-state index in [1.165, 1.54) is 19.6 Å². The Morgan fingerprint density at radius 3 is 1.38 bits per heavy atom. The van der Waals surface area contributed by atoms with Crippen molar-refractivity contribution in [3.05, 3.63) is 0 Å². The average Bonchev–Trinajstić information content (AvgIpc) is 3.99. The Bertz CT molecular complexity index is 1430. The summed E-state index contributed by atoms with van der Waals surface area (Å²) in [4.78, 5) is 111. The highest BCUT2D eigenvalue weighted by Crippen LogP contribution is 2.30. The number of hydrogen-bond donors (Lipinski definition) is 9. The Balaban J connectivity index is 1.42. The van der Waals surface area contributed by atoms with Crippen LogP contribution in [0.1, 0.15) is 51.4 Å². The monoisotopic (exact) mass is 818 g/mol. The second kappa shape index (κ2) is 19.6. The van der Waals surface area contributed by atoms with Gasteiger partial charge in [0.05, 0.1) is 6.04 Å². The lowest BCUT2D eigenvalue weighted by Gasteiger charge is -2.36. The van der Waals surface area contributed by atoms with Gasteiger partial charge in [-0.05, 0) is 51.4 Å². The van der Waals surface area contributed by atoms with Crippen molar-refractivity contribution < 1.29 is 43.5 Å². The number of rotatable bonds is 15. The van der Waals surface area contributed by atoms with E-state index in [1.807, 2.05) is 0 Å². The zero-order chi connectivity index (χ0) is 39.0. The standard InChI is InChI=1S/C32H50N8O9S4/c33-17(13-50)25(41)35-19(15-52)28(44)38-10-2-6-22(38)30(46)40-12-4-8-24(40)31(47)39-11-3-7-23(39)29(45)37-9-1-5-21(37)27(43)34-18(14-51)26(42)36-20(16-53)32(48)49/h17-24,50-53H,1-16,33H2,(H,34,43)(H,35,41)(H,36,42)(H,48,49)/t17-,18-,19-,20-,21-,22-,23-,24-/m0/s1. The largest absolute Gasteiger partial charge is 0.480 e. The number of carbonyl (C=O) groups is 8. The topological polar surface area (TPSA) is 232 Å². The number of hydrogen-bond acceptors (Lipinski definition) is 13. The molecule has 8 atom stereocenters. The van der Waals surface area contributed by atoms with Crippen molar-refractivity contribution in [3.8, 4) is 0 Å². The molecule has 0 unspecified atom stereocenters. The van der Waals surface area contributed by atoms with Crippen molar-refractivity contribution >= 4 is 97.8 Å². The normalized spacial score (nSPS) is 25.1. The van der Waals surface area contributed by atoms with Gasteiger partial charge in [-0.25, -0.2) is 4.79 Å². The molecule has 21 heteroatoms. The fourth-order valence-corrected chi connectivity index (χ4v) is 8.32. The van der Waals surface area contributed by atoms with Crippen LogP contribution in [-0.2, 0) is 38.4 Å². The number of nitrogens with one attached hydrogen (secondary N) is 3. The van der Waals surface area contributed by atoms with Gasteiger partial charge >= 0.3 is 5.97 Å². The molecule has 4 fully saturated rings. The van der Waals surface area contributed by atoms with Gasteiger partial charge in [0.2, 0.25) is 41.4 Å². The zero-order valence-corrected chi connectivity index (χ0v) is 32.9. The van der Waals surface area contributed by atoms with E-state index in [-0.39, 0.29) is 41.4 Å². The summed E-state index contributed by atoms with van der Waals surface area (Å²) >= 11 is 16.4. The molecule has 4 saturated heterocycles. The number of carbonyl (C=O) groups excluding carboxylic acids is 7. The van der Waals surface area contributed by atoms with E-state index in [1.54, 1.807) is 0 Å². The highest BCUT2D eigenvalue weighted by Gasteiger charge is 2.48. The van der Waals surface area contributed by atoms with Crippen molar-refractivity contribution in [2.24, 2.45) is 5.73 Å². The molecule has 0 saturated carbocycles. The van der Waals surface area contributed by atoms with Gasteiger partial charge in [0.25, 0.3) is 0 Å². The molecule has 0 aromatic heterocycles. The highest BCUT2D eigenvalue weighted by molar-refractivity contribution is 7.80. The van der Waals surface area contributed by atoms with Crippen LogP contribution in [0.5, 0.6) is 0 Å². The van der Waals surface area contributed by atoms with Crippen LogP contribution in [0.15, 0.2) is 0 Å². The minimum absolute atomic E-state index is 0.00918. The van der Waals surface area contributed by atoms with Crippen molar-refractivity contribution in [2.75, 3.05) is 49.2 Å².